The molecule has 0 aliphatic carbocycles. The van der Waals surface area contributed by atoms with Crippen LogP contribution < -0.4 is 33.2 Å². The summed E-state index contributed by atoms with van der Waals surface area (Å²) in [5, 5.41) is 16.9. The maximum Gasteiger partial charge on any atom is 0.326 e. The van der Waals surface area contributed by atoms with E-state index in [1.165, 1.54) is 11.8 Å². The van der Waals surface area contributed by atoms with Crippen LogP contribution in [0.25, 0.3) is 0 Å². The summed E-state index contributed by atoms with van der Waals surface area (Å²) in [6, 6.07) is -4.10. The van der Waals surface area contributed by atoms with Crippen molar-refractivity contribution >= 4 is 41.4 Å². The van der Waals surface area contributed by atoms with Gasteiger partial charge in [0.15, 0.2) is 0 Å². The predicted molar refractivity (Wildman–Crippen MR) is 131 cm³/mol. The molecule has 10 N–H and O–H groups in total. The zero-order valence-corrected chi connectivity index (χ0v) is 21.0. The van der Waals surface area contributed by atoms with E-state index in [0.717, 1.165) is 6.42 Å². The molecule has 0 fully saturated rings. The number of aliphatic carboxylic acids is 1. The number of nitrogens with one attached hydrogen (secondary N) is 3. The molecule has 0 aromatic heterocycles. The molecule has 0 radical (unpaired) electrons. The summed E-state index contributed by atoms with van der Waals surface area (Å²) >= 11 is 1.49. The average Bonchev–Trinajstić information content (AvgIpc) is 2.76. The molecule has 12 nitrogen and oxygen atoms in total. The van der Waals surface area contributed by atoms with Gasteiger partial charge in [0.2, 0.25) is 23.6 Å². The molecule has 0 saturated heterocycles. The van der Waals surface area contributed by atoms with Gasteiger partial charge in [-0.3, -0.25) is 19.2 Å². The number of primary amides is 1. The van der Waals surface area contributed by atoms with Crippen molar-refractivity contribution in [3.05, 3.63) is 0 Å². The Balaban J connectivity index is 5.30. The Bertz CT molecular complexity index is 693. The highest BCUT2D eigenvalue weighted by Gasteiger charge is 2.31. The molecule has 4 unspecified atom stereocenters. The smallest absolute Gasteiger partial charge is 0.326 e. The van der Waals surface area contributed by atoms with Gasteiger partial charge >= 0.3 is 5.97 Å². The Morgan fingerprint density at radius 1 is 0.882 bits per heavy atom. The second kappa shape index (κ2) is 17.1. The van der Waals surface area contributed by atoms with E-state index >= 15 is 0 Å². The SMILES string of the molecule is CSCCC(NC(=O)C(N)CCCCN)C(=O)NC(C(=O)NC(CCC(N)=O)C(=O)O)C(C)C. The molecule has 13 heteroatoms. The zero-order chi connectivity index (χ0) is 26.3. The van der Waals surface area contributed by atoms with Gasteiger partial charge in [0.25, 0.3) is 0 Å². The summed E-state index contributed by atoms with van der Waals surface area (Å²) in [7, 11) is 0. The summed E-state index contributed by atoms with van der Waals surface area (Å²) in [4.78, 5) is 60.6. The highest BCUT2D eigenvalue weighted by atomic mass is 32.2. The standard InChI is InChI=1S/C21H40N6O6S/c1-12(2)17(20(31)26-15(21(32)33)7-8-16(24)28)27-19(30)14(9-11-34-3)25-18(29)13(23)6-4-5-10-22/h12-15,17H,4-11,22-23H2,1-3H3,(H2,24,28)(H,25,29)(H,26,31)(H,27,30)(H,32,33). The summed E-state index contributed by atoms with van der Waals surface area (Å²) in [5.74, 6) is -3.58. The first kappa shape index (κ1) is 31.6. The Morgan fingerprint density at radius 2 is 1.50 bits per heavy atom. The molecular formula is C21H40N6O6S. The van der Waals surface area contributed by atoms with Crippen molar-refractivity contribution in [3.8, 4) is 0 Å². The van der Waals surface area contributed by atoms with E-state index in [-0.39, 0.29) is 18.8 Å². The van der Waals surface area contributed by atoms with Crippen molar-refractivity contribution in [3.63, 3.8) is 0 Å². The molecule has 0 saturated carbocycles. The first-order valence-electron chi connectivity index (χ1n) is 11.3. The minimum absolute atomic E-state index is 0.177. The summed E-state index contributed by atoms with van der Waals surface area (Å²) in [6.07, 6.45) is 3.63. The normalized spacial score (nSPS) is 14.5. The van der Waals surface area contributed by atoms with Crippen LogP contribution in [0.2, 0.25) is 0 Å². The second-order valence-corrected chi connectivity index (χ2v) is 9.35. The van der Waals surface area contributed by atoms with Crippen LogP contribution in [0.4, 0.5) is 0 Å². The lowest BCUT2D eigenvalue weighted by atomic mass is 10.0. The van der Waals surface area contributed by atoms with Gasteiger partial charge in [0.1, 0.15) is 18.1 Å². The number of rotatable bonds is 18. The third kappa shape index (κ3) is 12.8. The number of hydrogen-bond acceptors (Lipinski definition) is 8. The van der Waals surface area contributed by atoms with Crippen LogP contribution in [-0.2, 0) is 24.0 Å². The molecule has 0 aliphatic heterocycles. The molecule has 0 aliphatic rings. The lowest BCUT2D eigenvalue weighted by Gasteiger charge is -2.27. The van der Waals surface area contributed by atoms with Gasteiger partial charge in [-0.2, -0.15) is 11.8 Å². The molecule has 4 amide bonds. The first-order valence-corrected chi connectivity index (χ1v) is 12.7. The summed E-state index contributed by atoms with van der Waals surface area (Å²) in [6.45, 7) is 3.87. The van der Waals surface area contributed by atoms with Crippen LogP contribution in [0.3, 0.4) is 0 Å². The van der Waals surface area contributed by atoms with Gasteiger partial charge < -0.3 is 38.3 Å². The quantitative estimate of drug-likeness (QED) is 0.110. The third-order valence-electron chi connectivity index (χ3n) is 5.09. The number of carbonyl (C=O) groups is 5. The number of unbranched alkanes of at least 4 members (excludes halogenated alkanes) is 1. The molecular weight excluding hydrogens is 464 g/mol. The van der Waals surface area contributed by atoms with Gasteiger partial charge in [-0.25, -0.2) is 4.79 Å². The maximum atomic E-state index is 13.0. The van der Waals surface area contributed by atoms with Crippen LogP contribution in [0, 0.1) is 5.92 Å². The van der Waals surface area contributed by atoms with Crippen LogP contribution in [0.15, 0.2) is 0 Å². The molecule has 0 aromatic carbocycles. The van der Waals surface area contributed by atoms with Crippen molar-refractivity contribution in [2.75, 3.05) is 18.6 Å². The largest absolute Gasteiger partial charge is 0.480 e. The van der Waals surface area contributed by atoms with Gasteiger partial charge in [-0.1, -0.05) is 20.3 Å². The number of thioether (sulfide) groups is 1. The highest BCUT2D eigenvalue weighted by molar-refractivity contribution is 7.98. The Hall–Kier alpha value is -2.38. The minimum atomic E-state index is -1.34. The Kier molecular flexibility index (Phi) is 15.9. The van der Waals surface area contributed by atoms with E-state index < -0.39 is 53.8 Å². The van der Waals surface area contributed by atoms with Crippen molar-refractivity contribution in [1.29, 1.82) is 0 Å². The number of carboxylic acids is 1. The molecule has 0 rings (SSSR count). The van der Waals surface area contributed by atoms with Gasteiger partial charge in [0.05, 0.1) is 6.04 Å². The van der Waals surface area contributed by atoms with Crippen LogP contribution in [0.5, 0.6) is 0 Å². The molecule has 0 heterocycles. The number of nitrogens with two attached hydrogens (primary N) is 3. The van der Waals surface area contributed by atoms with Gasteiger partial charge in [0, 0.05) is 6.42 Å². The number of amides is 4. The highest BCUT2D eigenvalue weighted by Crippen LogP contribution is 2.08. The van der Waals surface area contributed by atoms with E-state index in [1.54, 1.807) is 13.8 Å². The van der Waals surface area contributed by atoms with E-state index in [2.05, 4.69) is 16.0 Å². The van der Waals surface area contributed by atoms with Gasteiger partial charge in [-0.15, -0.1) is 0 Å². The van der Waals surface area contributed by atoms with Crippen LogP contribution in [0.1, 0.15) is 52.4 Å². The van der Waals surface area contributed by atoms with Crippen molar-refractivity contribution < 1.29 is 29.1 Å². The van der Waals surface area contributed by atoms with Crippen molar-refractivity contribution in [2.24, 2.45) is 23.1 Å². The number of hydrogen-bond donors (Lipinski definition) is 7. The fourth-order valence-corrected chi connectivity index (χ4v) is 3.49. The van der Waals surface area contributed by atoms with Crippen molar-refractivity contribution in [2.45, 2.75) is 76.5 Å². The monoisotopic (exact) mass is 504 g/mol. The van der Waals surface area contributed by atoms with E-state index in [1.807, 2.05) is 6.26 Å². The third-order valence-corrected chi connectivity index (χ3v) is 5.73. The average molecular weight is 505 g/mol. The summed E-state index contributed by atoms with van der Waals surface area (Å²) in [5.41, 5.74) is 16.4. The van der Waals surface area contributed by atoms with E-state index in [0.29, 0.717) is 31.6 Å². The Morgan fingerprint density at radius 3 is 2.00 bits per heavy atom. The molecule has 0 aromatic rings. The van der Waals surface area contributed by atoms with Crippen molar-refractivity contribution in [1.82, 2.24) is 16.0 Å². The number of carboxylic acid groups (broad SMARTS) is 1. The molecule has 4 atom stereocenters. The summed E-state index contributed by atoms with van der Waals surface area (Å²) < 4.78 is 0. The lowest BCUT2D eigenvalue weighted by molar-refractivity contribution is -0.143. The maximum absolute atomic E-state index is 13.0. The zero-order valence-electron chi connectivity index (χ0n) is 20.2. The molecule has 0 spiro atoms. The lowest BCUT2D eigenvalue weighted by Crippen LogP contribution is -2.58. The first-order chi connectivity index (χ1) is 15.9. The topological polar surface area (TPSA) is 220 Å². The van der Waals surface area contributed by atoms with E-state index in [4.69, 9.17) is 17.2 Å². The number of carbonyl (C=O) groups excluding carboxylic acids is 4. The molecule has 34 heavy (non-hydrogen) atoms. The van der Waals surface area contributed by atoms with Gasteiger partial charge in [-0.05, 0) is 50.2 Å². The second-order valence-electron chi connectivity index (χ2n) is 8.37. The molecule has 0 bridgehead atoms. The minimum Gasteiger partial charge on any atom is -0.480 e. The van der Waals surface area contributed by atoms with E-state index in [9.17, 15) is 29.1 Å². The Labute approximate surface area is 204 Å². The predicted octanol–water partition coefficient (Wildman–Crippen LogP) is -1.34. The molecule has 196 valence electrons. The fraction of sp³-hybridized carbons (Fsp3) is 0.762. The van der Waals surface area contributed by atoms with Crippen LogP contribution >= 0.6 is 11.8 Å². The van der Waals surface area contributed by atoms with Crippen LogP contribution in [-0.4, -0.2) is 77.4 Å². The fourth-order valence-electron chi connectivity index (χ4n) is 3.02.